The van der Waals surface area contributed by atoms with Gasteiger partial charge in [-0.2, -0.15) is 4.58 Å². The number of fused-ring (bicyclic) bond motifs is 1. The van der Waals surface area contributed by atoms with E-state index >= 15 is 0 Å². The van der Waals surface area contributed by atoms with Crippen molar-refractivity contribution >= 4 is 44.8 Å². The molecule has 0 unspecified atom stereocenters. The molecular weight excluding hydrogens is 631 g/mol. The summed E-state index contributed by atoms with van der Waals surface area (Å²) in [5.74, 6) is 0. The average molecular weight is 685 g/mol. The van der Waals surface area contributed by atoms with Gasteiger partial charge in [-0.3, -0.25) is 0 Å². The predicted octanol–water partition coefficient (Wildman–Crippen LogP) is 12.5. The third kappa shape index (κ3) is 7.02. The van der Waals surface area contributed by atoms with E-state index in [0.717, 1.165) is 0 Å². The normalized spacial score (nSPS) is 14.6. The fourth-order valence-electron chi connectivity index (χ4n) is 8.95. The second-order valence-corrected chi connectivity index (χ2v) is 15.3. The van der Waals surface area contributed by atoms with Crippen molar-refractivity contribution in [2.75, 3.05) is 24.3 Å². The maximum atomic E-state index is 3.95. The Kier molecular flexibility index (Phi) is 10.1. The maximum absolute atomic E-state index is 3.95. The van der Waals surface area contributed by atoms with Gasteiger partial charge in [0.25, 0.3) is 0 Å². The minimum atomic E-state index is 0.544. The lowest BCUT2D eigenvalue weighted by atomic mass is 9.87. The van der Waals surface area contributed by atoms with Crippen molar-refractivity contribution in [1.29, 1.82) is 0 Å². The van der Waals surface area contributed by atoms with Crippen LogP contribution < -0.4 is 10.2 Å². The highest BCUT2D eigenvalue weighted by molar-refractivity contribution is 6.08. The van der Waals surface area contributed by atoms with Crippen LogP contribution in [0.4, 0.5) is 22.7 Å². The molecule has 0 radical (unpaired) electrons. The Morgan fingerprint density at radius 2 is 1.23 bits per heavy atom. The number of anilines is 3. The van der Waals surface area contributed by atoms with Crippen LogP contribution in [0.3, 0.4) is 0 Å². The van der Waals surface area contributed by atoms with Gasteiger partial charge in [-0.1, -0.05) is 85.0 Å². The second kappa shape index (κ2) is 14.8. The number of allylic oxidation sites excluding steroid dienone is 5. The fourth-order valence-corrected chi connectivity index (χ4v) is 8.95. The molecule has 3 heteroatoms. The highest BCUT2D eigenvalue weighted by Crippen LogP contribution is 2.39. The summed E-state index contributed by atoms with van der Waals surface area (Å²) < 4.78 is 2.33. The quantitative estimate of drug-likeness (QED) is 0.172. The van der Waals surface area contributed by atoms with Crippen molar-refractivity contribution in [2.45, 2.75) is 79.7 Å². The van der Waals surface area contributed by atoms with Crippen molar-refractivity contribution in [3.05, 3.63) is 159 Å². The summed E-state index contributed by atoms with van der Waals surface area (Å²) in [7, 11) is 4.37. The summed E-state index contributed by atoms with van der Waals surface area (Å²) in [6, 6.07) is 32.4. The molecule has 52 heavy (non-hydrogen) atoms. The minimum Gasteiger partial charge on any atom is -0.382 e. The van der Waals surface area contributed by atoms with E-state index in [-0.39, 0.29) is 0 Å². The summed E-state index contributed by atoms with van der Waals surface area (Å²) >= 11 is 0. The van der Waals surface area contributed by atoms with Crippen molar-refractivity contribution in [2.24, 2.45) is 0 Å². The first-order chi connectivity index (χ1) is 25.1. The Labute approximate surface area is 311 Å². The zero-order chi connectivity index (χ0) is 36.5. The summed E-state index contributed by atoms with van der Waals surface area (Å²) in [5.41, 5.74) is 18.8. The summed E-state index contributed by atoms with van der Waals surface area (Å²) in [4.78, 5) is 2.33. The van der Waals surface area contributed by atoms with E-state index in [1.807, 2.05) is 0 Å². The molecule has 2 aliphatic rings. The van der Waals surface area contributed by atoms with Gasteiger partial charge in [-0.25, -0.2) is 0 Å². The second-order valence-electron chi connectivity index (χ2n) is 15.3. The first kappa shape index (κ1) is 35.3. The van der Waals surface area contributed by atoms with Crippen molar-refractivity contribution in [1.82, 2.24) is 0 Å². The first-order valence-electron chi connectivity index (χ1n) is 19.1. The van der Waals surface area contributed by atoms with Crippen LogP contribution in [0.5, 0.6) is 0 Å². The first-order valence-corrected chi connectivity index (χ1v) is 19.1. The van der Waals surface area contributed by atoms with E-state index in [4.69, 9.17) is 0 Å². The molecule has 1 saturated carbocycles. The number of nitrogens with zero attached hydrogens (tertiary/aromatic N) is 2. The van der Waals surface area contributed by atoms with Crippen LogP contribution in [-0.2, 0) is 0 Å². The van der Waals surface area contributed by atoms with E-state index in [9.17, 15) is 0 Å². The smallest absolute Gasteiger partial charge is 0.211 e. The van der Waals surface area contributed by atoms with E-state index < -0.39 is 0 Å². The third-order valence-electron chi connectivity index (χ3n) is 11.2. The summed E-state index contributed by atoms with van der Waals surface area (Å²) in [6.07, 6.45) is 15.7. The summed E-state index contributed by atoms with van der Waals surface area (Å²) in [6.45, 7) is 13.2. The molecule has 0 aromatic heterocycles. The Morgan fingerprint density at radius 1 is 0.654 bits per heavy atom. The number of hydrogen-bond donors (Lipinski definition) is 1. The van der Waals surface area contributed by atoms with Gasteiger partial charge >= 0.3 is 0 Å². The molecule has 0 amide bonds. The Bertz CT molecular complexity index is 2210. The molecule has 3 nitrogen and oxygen atoms in total. The molecule has 0 aliphatic heterocycles. The minimum absolute atomic E-state index is 0.544. The molecule has 0 spiro atoms. The Hall–Kier alpha value is -5.15. The molecule has 0 bridgehead atoms. The van der Waals surface area contributed by atoms with Crippen molar-refractivity contribution < 1.29 is 4.58 Å². The number of benzene rings is 5. The highest BCUT2D eigenvalue weighted by atomic mass is 15.1. The molecule has 1 fully saturated rings. The fraction of sp³-hybridized carbons (Fsp3) is 0.286. The van der Waals surface area contributed by atoms with Gasteiger partial charge in [-0.15, -0.1) is 0 Å². The lowest BCUT2D eigenvalue weighted by molar-refractivity contribution is -0.404. The van der Waals surface area contributed by atoms with Gasteiger partial charge in [0, 0.05) is 58.8 Å². The molecule has 1 N–H and O–H groups in total. The van der Waals surface area contributed by atoms with Crippen LogP contribution in [0, 0.1) is 41.5 Å². The monoisotopic (exact) mass is 684 g/mol. The maximum Gasteiger partial charge on any atom is 0.211 e. The van der Waals surface area contributed by atoms with Gasteiger partial charge in [0.15, 0.2) is 0 Å². The van der Waals surface area contributed by atoms with Gasteiger partial charge in [0.2, 0.25) is 11.4 Å². The average Bonchev–Trinajstić information content (AvgIpc) is 3.12. The topological polar surface area (TPSA) is 18.3 Å². The zero-order valence-electron chi connectivity index (χ0n) is 32.4. The van der Waals surface area contributed by atoms with Crippen LogP contribution >= 0.6 is 0 Å². The zero-order valence-corrected chi connectivity index (χ0v) is 32.4. The molecule has 2 aliphatic carbocycles. The standard InChI is InChI=1S/C49H53N3/c1-32-28-34(3)48(35(4)29-32)51(7)41-22-18-38(19-23-41)47(39-20-24-42(25-21-39)52(8)49-36(5)30-33(2)31-37(49)6)45-26-27-46(44-17-13-12-16-43(44)45)50-40-14-10-9-11-15-40/h12-13,16-31,40H,9-11,14-15H2,1-8H3/p+1. The Balaban J connectivity index is 1.34. The van der Waals surface area contributed by atoms with E-state index in [1.54, 1.807) is 0 Å². The van der Waals surface area contributed by atoms with E-state index in [2.05, 4.69) is 180 Å². The molecule has 0 saturated heterocycles. The molecule has 0 atom stereocenters. The van der Waals surface area contributed by atoms with Crippen molar-refractivity contribution in [3.8, 4) is 0 Å². The van der Waals surface area contributed by atoms with Crippen molar-refractivity contribution in [3.63, 3.8) is 0 Å². The SMILES string of the molecule is Cc1cc(C)c(N(C)c2ccc(C(=C3C=CC(=[N+](C)c4c(C)cc(C)cc4C)C=C3)c3ccc(NC4CCCCC4)c4ccccc34)cc2)c(C)c1. The van der Waals surface area contributed by atoms with Crippen LogP contribution in [0.15, 0.2) is 115 Å². The number of hydrogen-bond acceptors (Lipinski definition) is 2. The van der Waals surface area contributed by atoms with Gasteiger partial charge in [-0.05, 0) is 136 Å². The van der Waals surface area contributed by atoms with Gasteiger partial charge in [0.05, 0.1) is 0 Å². The number of rotatable bonds is 7. The van der Waals surface area contributed by atoms with Gasteiger partial charge in [0.1, 0.15) is 7.05 Å². The Morgan fingerprint density at radius 3 is 1.85 bits per heavy atom. The van der Waals surface area contributed by atoms with Crippen LogP contribution in [0.1, 0.15) is 76.6 Å². The molecule has 7 rings (SSSR count). The lowest BCUT2D eigenvalue weighted by Gasteiger charge is -2.26. The molecule has 5 aromatic rings. The molecule has 5 aromatic carbocycles. The lowest BCUT2D eigenvalue weighted by Crippen LogP contribution is -2.22. The van der Waals surface area contributed by atoms with E-state index in [1.165, 1.54) is 127 Å². The van der Waals surface area contributed by atoms with Crippen LogP contribution in [0.25, 0.3) is 16.3 Å². The largest absolute Gasteiger partial charge is 0.382 e. The number of aryl methyl sites for hydroxylation is 6. The molecule has 0 heterocycles. The number of nitrogens with one attached hydrogen (secondary N) is 1. The molecule has 264 valence electrons. The van der Waals surface area contributed by atoms with Gasteiger partial charge < -0.3 is 10.2 Å². The highest BCUT2D eigenvalue weighted by Gasteiger charge is 2.21. The van der Waals surface area contributed by atoms with Crippen LogP contribution in [0.2, 0.25) is 0 Å². The van der Waals surface area contributed by atoms with Crippen LogP contribution in [-0.4, -0.2) is 30.4 Å². The molecular formula is C49H54N3+. The summed E-state index contributed by atoms with van der Waals surface area (Å²) in [5, 5.41) is 6.50. The van der Waals surface area contributed by atoms with E-state index in [0.29, 0.717) is 6.04 Å². The predicted molar refractivity (Wildman–Crippen MR) is 225 cm³/mol. The third-order valence-corrected chi connectivity index (χ3v) is 11.2.